The quantitative estimate of drug-likeness (QED) is 0.615. The molecule has 1 saturated heterocycles. The monoisotopic (exact) mass is 415 g/mol. The number of rotatable bonds is 3. The van der Waals surface area contributed by atoms with Crippen LogP contribution in [0.2, 0.25) is 0 Å². The Morgan fingerprint density at radius 2 is 1.42 bits per heavy atom. The highest BCUT2D eigenvalue weighted by Crippen LogP contribution is 2.45. The van der Waals surface area contributed by atoms with Gasteiger partial charge in [-0.05, 0) is 49.8 Å². The van der Waals surface area contributed by atoms with Gasteiger partial charge in [0.25, 0.3) is 5.56 Å². The normalized spacial score (nSPS) is 23.3. The van der Waals surface area contributed by atoms with Crippen LogP contribution in [0.1, 0.15) is 36.4 Å². The Hall–Kier alpha value is -3.41. The second kappa shape index (κ2) is 7.38. The lowest BCUT2D eigenvalue weighted by molar-refractivity contribution is -0.122. The molecule has 2 fully saturated rings. The van der Waals surface area contributed by atoms with Gasteiger partial charge in [0.05, 0.1) is 23.2 Å². The zero-order chi connectivity index (χ0) is 21.7. The molecule has 0 radical (unpaired) electrons. The third kappa shape index (κ3) is 2.97. The molecule has 1 aliphatic heterocycles. The molecular formula is C25H25N3O3. The fourth-order valence-corrected chi connectivity index (χ4v) is 5.24. The summed E-state index contributed by atoms with van der Waals surface area (Å²) in [4.78, 5) is 41.3. The standard InChI is InChI=1S/C25H25N3O3/c1-16-22(25(31)28(26(16)2)19-11-7-4-8-12-19)27-23(29)20-14-13-18(15-21(20)24(27)30)17-9-5-3-6-10-17/h3-12,18,20-21H,13-15H2,1-2H3. The maximum Gasteiger partial charge on any atom is 0.296 e. The molecule has 3 atom stereocenters. The molecule has 2 heterocycles. The summed E-state index contributed by atoms with van der Waals surface area (Å²) in [5, 5.41) is 0. The van der Waals surface area contributed by atoms with Crippen molar-refractivity contribution in [3.05, 3.63) is 82.3 Å². The Bertz CT molecular complexity index is 1210. The van der Waals surface area contributed by atoms with E-state index in [1.54, 1.807) is 18.7 Å². The Balaban J connectivity index is 1.52. The lowest BCUT2D eigenvalue weighted by Gasteiger charge is -2.28. The van der Waals surface area contributed by atoms with Gasteiger partial charge in [-0.1, -0.05) is 48.5 Å². The van der Waals surface area contributed by atoms with Gasteiger partial charge in [0.2, 0.25) is 11.8 Å². The summed E-state index contributed by atoms with van der Waals surface area (Å²) in [5.74, 6) is -0.904. The Morgan fingerprint density at radius 3 is 2.10 bits per heavy atom. The molecule has 31 heavy (non-hydrogen) atoms. The van der Waals surface area contributed by atoms with Crippen LogP contribution in [-0.4, -0.2) is 21.2 Å². The van der Waals surface area contributed by atoms with Crippen molar-refractivity contribution >= 4 is 17.5 Å². The topological polar surface area (TPSA) is 64.3 Å². The third-order valence-electron chi connectivity index (χ3n) is 6.94. The number of carbonyl (C=O) groups is 2. The first kappa shape index (κ1) is 19.5. The van der Waals surface area contributed by atoms with Crippen molar-refractivity contribution in [3.8, 4) is 5.69 Å². The lowest BCUT2D eigenvalue weighted by atomic mass is 9.73. The van der Waals surface area contributed by atoms with Crippen LogP contribution in [0.25, 0.3) is 5.69 Å². The van der Waals surface area contributed by atoms with Gasteiger partial charge in [-0.2, -0.15) is 0 Å². The van der Waals surface area contributed by atoms with Crippen LogP contribution < -0.4 is 10.5 Å². The fourth-order valence-electron chi connectivity index (χ4n) is 5.24. The number of fused-ring (bicyclic) bond motifs is 1. The predicted molar refractivity (Wildman–Crippen MR) is 118 cm³/mol. The van der Waals surface area contributed by atoms with E-state index in [1.807, 2.05) is 48.5 Å². The number of amides is 2. The van der Waals surface area contributed by atoms with E-state index in [1.165, 1.54) is 15.1 Å². The fraction of sp³-hybridized carbons (Fsp3) is 0.320. The molecule has 6 nitrogen and oxygen atoms in total. The van der Waals surface area contributed by atoms with Crippen LogP contribution in [0.3, 0.4) is 0 Å². The maximum absolute atomic E-state index is 13.4. The van der Waals surface area contributed by atoms with Crippen LogP contribution >= 0.6 is 0 Å². The smallest absolute Gasteiger partial charge is 0.283 e. The number of hydrogen-bond acceptors (Lipinski definition) is 3. The van der Waals surface area contributed by atoms with Crippen molar-refractivity contribution in [1.29, 1.82) is 0 Å². The summed E-state index contributed by atoms with van der Waals surface area (Å²) in [6, 6.07) is 19.4. The summed E-state index contributed by atoms with van der Waals surface area (Å²) in [6.45, 7) is 1.78. The van der Waals surface area contributed by atoms with E-state index in [2.05, 4.69) is 12.1 Å². The molecule has 2 aromatic carbocycles. The van der Waals surface area contributed by atoms with Crippen molar-refractivity contribution in [3.63, 3.8) is 0 Å². The van der Waals surface area contributed by atoms with E-state index in [-0.39, 0.29) is 40.8 Å². The number of benzene rings is 2. The summed E-state index contributed by atoms with van der Waals surface area (Å²) < 4.78 is 3.22. The molecule has 0 bridgehead atoms. The van der Waals surface area contributed by atoms with Gasteiger partial charge in [-0.25, -0.2) is 9.58 Å². The minimum absolute atomic E-state index is 0.187. The van der Waals surface area contributed by atoms with Crippen molar-refractivity contribution in [1.82, 2.24) is 9.36 Å². The number of para-hydroxylation sites is 1. The van der Waals surface area contributed by atoms with Crippen molar-refractivity contribution < 1.29 is 9.59 Å². The van der Waals surface area contributed by atoms with Gasteiger partial charge in [0.1, 0.15) is 5.69 Å². The van der Waals surface area contributed by atoms with E-state index in [0.717, 1.165) is 6.42 Å². The minimum atomic E-state index is -0.365. The van der Waals surface area contributed by atoms with E-state index in [9.17, 15) is 14.4 Å². The van der Waals surface area contributed by atoms with Crippen molar-refractivity contribution in [2.75, 3.05) is 4.90 Å². The summed E-state index contributed by atoms with van der Waals surface area (Å²) in [7, 11) is 1.77. The average Bonchev–Trinajstić information content (AvgIpc) is 3.17. The first-order valence-electron chi connectivity index (χ1n) is 10.8. The number of nitrogens with zero attached hydrogens (tertiary/aromatic N) is 3. The first-order valence-corrected chi connectivity index (χ1v) is 10.8. The Kier molecular flexibility index (Phi) is 4.65. The highest BCUT2D eigenvalue weighted by molar-refractivity contribution is 6.22. The highest BCUT2D eigenvalue weighted by Gasteiger charge is 2.52. The molecule has 0 N–H and O–H groups in total. The Morgan fingerprint density at radius 1 is 0.806 bits per heavy atom. The zero-order valence-corrected chi connectivity index (χ0v) is 17.7. The van der Waals surface area contributed by atoms with Gasteiger partial charge in [0.15, 0.2) is 0 Å². The van der Waals surface area contributed by atoms with Gasteiger partial charge in [0, 0.05) is 7.05 Å². The average molecular weight is 415 g/mol. The molecule has 1 aliphatic carbocycles. The maximum atomic E-state index is 13.4. The van der Waals surface area contributed by atoms with E-state index in [0.29, 0.717) is 24.2 Å². The van der Waals surface area contributed by atoms with Crippen LogP contribution in [0.4, 0.5) is 5.69 Å². The SMILES string of the molecule is Cc1c(N2C(=O)C3CCC(c4ccccc4)CC3C2=O)c(=O)n(-c2ccccc2)n1C. The van der Waals surface area contributed by atoms with Gasteiger partial charge in [-0.15, -0.1) is 0 Å². The molecule has 3 aromatic rings. The molecule has 3 unspecified atom stereocenters. The second-order valence-corrected chi connectivity index (χ2v) is 8.56. The van der Waals surface area contributed by atoms with Crippen LogP contribution in [0.15, 0.2) is 65.5 Å². The molecular weight excluding hydrogens is 390 g/mol. The minimum Gasteiger partial charge on any atom is -0.283 e. The van der Waals surface area contributed by atoms with E-state index in [4.69, 9.17) is 0 Å². The molecule has 158 valence electrons. The van der Waals surface area contributed by atoms with E-state index < -0.39 is 0 Å². The molecule has 5 rings (SSSR count). The zero-order valence-electron chi connectivity index (χ0n) is 17.7. The molecule has 0 spiro atoms. The number of imide groups is 1. The van der Waals surface area contributed by atoms with Crippen molar-refractivity contribution in [2.45, 2.75) is 32.1 Å². The number of aromatic nitrogens is 2. The Labute approximate surface area is 180 Å². The molecule has 1 saturated carbocycles. The summed E-state index contributed by atoms with van der Waals surface area (Å²) >= 11 is 0. The van der Waals surface area contributed by atoms with Gasteiger partial charge < -0.3 is 0 Å². The molecule has 2 aliphatic rings. The summed E-state index contributed by atoms with van der Waals surface area (Å²) in [5.41, 5.74) is 2.36. The molecule has 6 heteroatoms. The van der Waals surface area contributed by atoms with Crippen LogP contribution in [0, 0.1) is 18.8 Å². The number of hydrogen-bond donors (Lipinski definition) is 0. The van der Waals surface area contributed by atoms with Crippen LogP contribution in [0.5, 0.6) is 0 Å². The van der Waals surface area contributed by atoms with Crippen LogP contribution in [-0.2, 0) is 16.6 Å². The second-order valence-electron chi connectivity index (χ2n) is 8.56. The largest absolute Gasteiger partial charge is 0.296 e. The molecule has 2 amide bonds. The number of anilines is 1. The highest BCUT2D eigenvalue weighted by atomic mass is 16.2. The summed E-state index contributed by atoms with van der Waals surface area (Å²) in [6.07, 6.45) is 2.19. The number of carbonyl (C=O) groups excluding carboxylic acids is 2. The van der Waals surface area contributed by atoms with Gasteiger partial charge >= 0.3 is 0 Å². The molecule has 1 aromatic heterocycles. The van der Waals surface area contributed by atoms with E-state index >= 15 is 0 Å². The first-order chi connectivity index (χ1) is 15.0. The van der Waals surface area contributed by atoms with Crippen molar-refractivity contribution in [2.24, 2.45) is 18.9 Å². The predicted octanol–water partition coefficient (Wildman–Crippen LogP) is 3.56. The lowest BCUT2D eigenvalue weighted by Crippen LogP contribution is -2.35. The third-order valence-corrected chi connectivity index (χ3v) is 6.94. The van der Waals surface area contributed by atoms with Gasteiger partial charge in [-0.3, -0.25) is 19.1 Å².